The molecule has 0 fully saturated rings. The summed E-state index contributed by atoms with van der Waals surface area (Å²) in [5.74, 6) is 0.293. The van der Waals surface area contributed by atoms with Crippen molar-refractivity contribution in [2.75, 3.05) is 6.61 Å². The molecule has 0 spiro atoms. The standard InChI is InChI=1S/C34H34O4/c1-3-4-5-6-25-7-9-27(10-8-25)28-11-13-29(14-12-28)30-15-17-31(18-16-30)32-19-26(23-36)20-33(21-32)38-34(37)24(2)22-35/h3-4,9,11-21,23,25,35H,2,5-8,10,22H2,1H3/b4-3+. The zero-order valence-corrected chi connectivity index (χ0v) is 21.9. The van der Waals surface area contributed by atoms with E-state index in [0.29, 0.717) is 11.8 Å². The van der Waals surface area contributed by atoms with E-state index in [9.17, 15) is 9.59 Å². The topological polar surface area (TPSA) is 63.6 Å². The summed E-state index contributed by atoms with van der Waals surface area (Å²) in [6, 6.07) is 21.8. The van der Waals surface area contributed by atoms with Gasteiger partial charge in [-0.2, -0.15) is 0 Å². The predicted molar refractivity (Wildman–Crippen MR) is 154 cm³/mol. The summed E-state index contributed by atoms with van der Waals surface area (Å²) in [5, 5.41) is 9.10. The Morgan fingerprint density at radius 2 is 1.61 bits per heavy atom. The molecule has 1 unspecified atom stereocenters. The number of aldehydes is 1. The van der Waals surface area contributed by atoms with Crippen LogP contribution in [0.4, 0.5) is 0 Å². The fourth-order valence-electron chi connectivity index (χ4n) is 4.80. The molecule has 0 saturated carbocycles. The first-order chi connectivity index (χ1) is 18.5. The number of ether oxygens (including phenoxy) is 1. The number of esters is 1. The van der Waals surface area contributed by atoms with Crippen LogP contribution in [0.15, 0.2) is 97.1 Å². The Labute approximate surface area is 225 Å². The van der Waals surface area contributed by atoms with Gasteiger partial charge in [-0.15, -0.1) is 0 Å². The normalized spacial score (nSPS) is 15.2. The molecule has 0 aromatic heterocycles. The fourth-order valence-corrected chi connectivity index (χ4v) is 4.80. The first-order valence-electron chi connectivity index (χ1n) is 13.1. The van der Waals surface area contributed by atoms with Crippen molar-refractivity contribution in [1.82, 2.24) is 0 Å². The molecule has 1 aliphatic rings. The first-order valence-corrected chi connectivity index (χ1v) is 13.1. The number of hydrogen-bond donors (Lipinski definition) is 1. The fraction of sp³-hybridized carbons (Fsp3) is 0.235. The second-order valence-corrected chi connectivity index (χ2v) is 9.73. The van der Waals surface area contributed by atoms with E-state index in [1.807, 2.05) is 24.3 Å². The zero-order chi connectivity index (χ0) is 26.9. The van der Waals surface area contributed by atoms with Crippen LogP contribution in [-0.2, 0) is 4.79 Å². The van der Waals surface area contributed by atoms with E-state index in [1.165, 1.54) is 42.9 Å². The lowest BCUT2D eigenvalue weighted by Crippen LogP contribution is -2.13. The molecule has 4 heteroatoms. The minimum atomic E-state index is -0.728. The molecule has 0 radical (unpaired) electrons. The molecule has 4 nitrogen and oxygen atoms in total. The highest BCUT2D eigenvalue weighted by Gasteiger charge is 2.15. The SMILES string of the molecule is C=C(CO)C(=O)Oc1cc(C=O)cc(-c2ccc(-c3ccc(C4=CCC(CC/C=C/C)CC4)cc3)cc2)c1. The molecule has 1 atom stereocenters. The van der Waals surface area contributed by atoms with Crippen LogP contribution in [-0.4, -0.2) is 24.0 Å². The number of aliphatic hydroxyl groups excluding tert-OH is 1. The number of rotatable bonds is 10. The van der Waals surface area contributed by atoms with Crippen molar-refractivity contribution < 1.29 is 19.4 Å². The van der Waals surface area contributed by atoms with Gasteiger partial charge in [-0.25, -0.2) is 4.79 Å². The van der Waals surface area contributed by atoms with Gasteiger partial charge in [0.05, 0.1) is 12.2 Å². The Morgan fingerprint density at radius 1 is 0.974 bits per heavy atom. The van der Waals surface area contributed by atoms with E-state index in [-0.39, 0.29) is 11.3 Å². The van der Waals surface area contributed by atoms with Crippen molar-refractivity contribution in [3.8, 4) is 28.0 Å². The largest absolute Gasteiger partial charge is 0.423 e. The lowest BCUT2D eigenvalue weighted by molar-refractivity contribution is -0.130. The Bertz CT molecular complexity index is 1340. The van der Waals surface area contributed by atoms with Gasteiger partial charge >= 0.3 is 5.97 Å². The summed E-state index contributed by atoms with van der Waals surface area (Å²) in [4.78, 5) is 23.5. The van der Waals surface area contributed by atoms with Gasteiger partial charge in [0, 0.05) is 5.56 Å². The van der Waals surface area contributed by atoms with Crippen molar-refractivity contribution in [2.24, 2.45) is 5.92 Å². The maximum absolute atomic E-state index is 12.0. The highest BCUT2D eigenvalue weighted by Crippen LogP contribution is 2.34. The minimum absolute atomic E-state index is 0.0533. The average Bonchev–Trinajstić information content (AvgIpc) is 2.97. The third kappa shape index (κ3) is 6.84. The molecule has 0 aliphatic heterocycles. The third-order valence-corrected chi connectivity index (χ3v) is 7.06. The third-order valence-electron chi connectivity index (χ3n) is 7.06. The monoisotopic (exact) mass is 506 g/mol. The number of carbonyl (C=O) groups is 2. The highest BCUT2D eigenvalue weighted by molar-refractivity contribution is 5.90. The molecule has 4 rings (SSSR count). The number of benzene rings is 3. The maximum Gasteiger partial charge on any atom is 0.341 e. The summed E-state index contributed by atoms with van der Waals surface area (Å²) in [5.41, 5.74) is 6.96. The van der Waals surface area contributed by atoms with Crippen LogP contribution in [0.25, 0.3) is 27.8 Å². The summed E-state index contributed by atoms with van der Waals surface area (Å²) in [7, 11) is 0. The van der Waals surface area contributed by atoms with Gasteiger partial charge in [0.15, 0.2) is 0 Å². The first kappa shape index (κ1) is 27.0. The maximum atomic E-state index is 12.0. The molecule has 1 aliphatic carbocycles. The molecule has 1 N–H and O–H groups in total. The van der Waals surface area contributed by atoms with E-state index in [4.69, 9.17) is 9.84 Å². The second kappa shape index (κ2) is 13.0. The second-order valence-electron chi connectivity index (χ2n) is 9.73. The van der Waals surface area contributed by atoms with Crippen molar-refractivity contribution in [2.45, 2.75) is 39.0 Å². The smallest absolute Gasteiger partial charge is 0.341 e. The van der Waals surface area contributed by atoms with Gasteiger partial charge in [0.25, 0.3) is 0 Å². The van der Waals surface area contributed by atoms with Crippen LogP contribution in [0.1, 0.15) is 54.9 Å². The number of hydrogen-bond acceptors (Lipinski definition) is 4. The van der Waals surface area contributed by atoms with Gasteiger partial charge in [-0.05, 0) is 96.5 Å². The van der Waals surface area contributed by atoms with E-state index >= 15 is 0 Å². The molecule has 3 aromatic rings. The Morgan fingerprint density at radius 3 is 2.16 bits per heavy atom. The molecule has 0 saturated heterocycles. The minimum Gasteiger partial charge on any atom is -0.423 e. The average molecular weight is 507 g/mol. The van der Waals surface area contributed by atoms with Gasteiger partial charge in [-0.1, -0.05) is 73.3 Å². The van der Waals surface area contributed by atoms with Crippen LogP contribution >= 0.6 is 0 Å². The van der Waals surface area contributed by atoms with Crippen molar-refractivity contribution >= 4 is 17.8 Å². The Hall–Kier alpha value is -4.02. The Balaban J connectivity index is 1.46. The van der Waals surface area contributed by atoms with Crippen LogP contribution in [0.3, 0.4) is 0 Å². The molecule has 0 heterocycles. The molecular weight excluding hydrogens is 472 g/mol. The van der Waals surface area contributed by atoms with Crippen molar-refractivity contribution in [3.63, 3.8) is 0 Å². The van der Waals surface area contributed by atoms with Gasteiger partial charge < -0.3 is 9.84 Å². The lowest BCUT2D eigenvalue weighted by Gasteiger charge is -2.22. The van der Waals surface area contributed by atoms with Crippen molar-refractivity contribution in [1.29, 1.82) is 0 Å². The summed E-state index contributed by atoms with van der Waals surface area (Å²) in [6.45, 7) is 5.07. The number of carbonyl (C=O) groups excluding carboxylic acids is 2. The van der Waals surface area contributed by atoms with Gasteiger partial charge in [0.2, 0.25) is 0 Å². The molecule has 0 amide bonds. The summed E-state index contributed by atoms with van der Waals surface area (Å²) in [6.07, 6.45) is 13.5. The van der Waals surface area contributed by atoms with Gasteiger partial charge in [0.1, 0.15) is 12.0 Å². The Kier molecular flexibility index (Phi) is 9.23. The highest BCUT2D eigenvalue weighted by atomic mass is 16.5. The predicted octanol–water partition coefficient (Wildman–Crippen LogP) is 7.83. The van der Waals surface area contributed by atoms with Crippen LogP contribution in [0.2, 0.25) is 0 Å². The van der Waals surface area contributed by atoms with E-state index in [0.717, 1.165) is 34.6 Å². The van der Waals surface area contributed by atoms with Crippen LogP contribution in [0, 0.1) is 5.92 Å². The summed E-state index contributed by atoms with van der Waals surface area (Å²) < 4.78 is 5.29. The molecule has 0 bridgehead atoms. The van der Waals surface area contributed by atoms with E-state index in [2.05, 4.69) is 56.0 Å². The molecule has 3 aromatic carbocycles. The van der Waals surface area contributed by atoms with Crippen LogP contribution in [0.5, 0.6) is 5.75 Å². The molecule has 38 heavy (non-hydrogen) atoms. The van der Waals surface area contributed by atoms with Crippen LogP contribution < -0.4 is 4.74 Å². The summed E-state index contributed by atoms with van der Waals surface area (Å²) >= 11 is 0. The molecule has 194 valence electrons. The lowest BCUT2D eigenvalue weighted by atomic mass is 9.84. The zero-order valence-electron chi connectivity index (χ0n) is 21.9. The molecular formula is C34H34O4. The van der Waals surface area contributed by atoms with E-state index in [1.54, 1.807) is 12.1 Å². The van der Waals surface area contributed by atoms with E-state index < -0.39 is 12.6 Å². The quantitative estimate of drug-likeness (QED) is 0.100. The van der Waals surface area contributed by atoms with Crippen molar-refractivity contribution in [3.05, 3.63) is 108 Å². The number of allylic oxidation sites excluding steroid dienone is 4. The number of aliphatic hydroxyl groups is 1. The van der Waals surface area contributed by atoms with Gasteiger partial charge in [-0.3, -0.25) is 4.79 Å².